The maximum Gasteiger partial charge on any atom is 0.338 e. The standard InChI is InChI=1S/C23H21N3O5/c1-29-18-10-6-15(7-11-18)19-13-20(21-3-2-12-30-21)26(25-19)22(27)14-31-23(28)16-4-8-17(24)9-5-16/h2-12,20H,13-14,24H2,1H3/t20-/m0/s1. The molecule has 0 spiro atoms. The molecule has 0 bridgehead atoms. The third-order valence-corrected chi connectivity index (χ3v) is 4.93. The van der Waals surface area contributed by atoms with E-state index >= 15 is 0 Å². The van der Waals surface area contributed by atoms with Crippen molar-refractivity contribution in [2.75, 3.05) is 19.5 Å². The monoisotopic (exact) mass is 419 g/mol. The fraction of sp³-hybridized carbons (Fsp3) is 0.174. The van der Waals surface area contributed by atoms with Crippen molar-refractivity contribution in [1.82, 2.24) is 5.01 Å². The molecule has 1 aliphatic rings. The topological polar surface area (TPSA) is 107 Å². The molecular formula is C23H21N3O5. The normalized spacial score (nSPS) is 15.5. The Hall–Kier alpha value is -4.07. The lowest BCUT2D eigenvalue weighted by atomic mass is 10.0. The van der Waals surface area contributed by atoms with Gasteiger partial charge in [0.25, 0.3) is 5.91 Å². The second-order valence-corrected chi connectivity index (χ2v) is 6.95. The first-order valence-electron chi connectivity index (χ1n) is 9.65. The van der Waals surface area contributed by atoms with Gasteiger partial charge >= 0.3 is 5.97 Å². The number of esters is 1. The van der Waals surface area contributed by atoms with Gasteiger partial charge in [0.2, 0.25) is 0 Å². The largest absolute Gasteiger partial charge is 0.497 e. The summed E-state index contributed by atoms with van der Waals surface area (Å²) in [4.78, 5) is 25.1. The zero-order chi connectivity index (χ0) is 21.8. The molecule has 31 heavy (non-hydrogen) atoms. The van der Waals surface area contributed by atoms with Gasteiger partial charge in [-0.15, -0.1) is 0 Å². The van der Waals surface area contributed by atoms with Gasteiger partial charge in [0.15, 0.2) is 6.61 Å². The molecule has 1 aromatic heterocycles. The molecule has 0 aliphatic carbocycles. The van der Waals surface area contributed by atoms with Gasteiger partial charge in [-0.25, -0.2) is 9.80 Å². The van der Waals surface area contributed by atoms with Gasteiger partial charge in [-0.2, -0.15) is 5.10 Å². The number of hydrogen-bond donors (Lipinski definition) is 1. The second kappa shape index (κ2) is 8.74. The number of hydrogen-bond acceptors (Lipinski definition) is 7. The highest BCUT2D eigenvalue weighted by Gasteiger charge is 2.35. The zero-order valence-corrected chi connectivity index (χ0v) is 16.9. The summed E-state index contributed by atoms with van der Waals surface area (Å²) in [6, 6.07) is 16.8. The van der Waals surface area contributed by atoms with E-state index in [9.17, 15) is 9.59 Å². The number of benzene rings is 2. The maximum atomic E-state index is 12.9. The lowest BCUT2D eigenvalue weighted by molar-refractivity contribution is -0.136. The number of rotatable bonds is 6. The summed E-state index contributed by atoms with van der Waals surface area (Å²) in [6.07, 6.45) is 2.02. The number of hydrazone groups is 1. The second-order valence-electron chi connectivity index (χ2n) is 6.95. The average molecular weight is 419 g/mol. The molecule has 158 valence electrons. The Morgan fingerprint density at radius 1 is 1.13 bits per heavy atom. The van der Waals surface area contributed by atoms with Crippen LogP contribution in [0.15, 0.2) is 76.4 Å². The van der Waals surface area contributed by atoms with Gasteiger partial charge < -0.3 is 19.6 Å². The number of anilines is 1. The van der Waals surface area contributed by atoms with Gasteiger partial charge in [-0.1, -0.05) is 0 Å². The van der Waals surface area contributed by atoms with Gasteiger partial charge in [0.1, 0.15) is 17.6 Å². The van der Waals surface area contributed by atoms with Crippen molar-refractivity contribution in [3.63, 3.8) is 0 Å². The van der Waals surface area contributed by atoms with E-state index in [2.05, 4.69) is 5.10 Å². The summed E-state index contributed by atoms with van der Waals surface area (Å²) in [7, 11) is 1.60. The molecule has 2 aromatic carbocycles. The highest BCUT2D eigenvalue weighted by Crippen LogP contribution is 2.33. The molecule has 8 heteroatoms. The van der Waals surface area contributed by atoms with Crippen molar-refractivity contribution in [2.24, 2.45) is 5.10 Å². The third kappa shape index (κ3) is 4.42. The molecule has 3 aromatic rings. The molecule has 2 N–H and O–H groups in total. The number of carbonyl (C=O) groups excluding carboxylic acids is 2. The summed E-state index contributed by atoms with van der Waals surface area (Å²) >= 11 is 0. The molecule has 0 fully saturated rings. The molecule has 0 unspecified atom stereocenters. The van der Waals surface area contributed by atoms with E-state index in [1.807, 2.05) is 24.3 Å². The number of nitrogen functional groups attached to an aromatic ring is 1. The Balaban J connectivity index is 1.50. The van der Waals surface area contributed by atoms with Crippen LogP contribution in [-0.4, -0.2) is 36.3 Å². The fourth-order valence-electron chi connectivity index (χ4n) is 3.30. The molecule has 4 rings (SSSR count). The predicted molar refractivity (Wildman–Crippen MR) is 114 cm³/mol. The van der Waals surface area contributed by atoms with Crippen LogP contribution >= 0.6 is 0 Å². The number of nitrogens with two attached hydrogens (primary N) is 1. The minimum Gasteiger partial charge on any atom is -0.497 e. The van der Waals surface area contributed by atoms with Crippen molar-refractivity contribution in [3.8, 4) is 5.75 Å². The van der Waals surface area contributed by atoms with E-state index in [1.54, 1.807) is 49.8 Å². The lowest BCUT2D eigenvalue weighted by Gasteiger charge is -2.19. The van der Waals surface area contributed by atoms with Crippen LogP contribution in [-0.2, 0) is 9.53 Å². The smallest absolute Gasteiger partial charge is 0.338 e. The first kappa shape index (κ1) is 20.2. The van der Waals surface area contributed by atoms with Crippen molar-refractivity contribution in [3.05, 3.63) is 83.8 Å². The highest BCUT2D eigenvalue weighted by atomic mass is 16.5. The van der Waals surface area contributed by atoms with Crippen LogP contribution in [0, 0.1) is 0 Å². The Morgan fingerprint density at radius 3 is 2.52 bits per heavy atom. The van der Waals surface area contributed by atoms with E-state index < -0.39 is 24.5 Å². The first-order chi connectivity index (χ1) is 15.0. The van der Waals surface area contributed by atoms with E-state index in [-0.39, 0.29) is 0 Å². The van der Waals surface area contributed by atoms with Crippen LogP contribution in [0.5, 0.6) is 5.75 Å². The van der Waals surface area contributed by atoms with Crippen molar-refractivity contribution >= 4 is 23.3 Å². The predicted octanol–water partition coefficient (Wildman–Crippen LogP) is 3.41. The molecule has 2 heterocycles. The van der Waals surface area contributed by atoms with Gasteiger partial charge in [-0.05, 0) is 66.2 Å². The Labute approximate surface area is 178 Å². The van der Waals surface area contributed by atoms with Crippen molar-refractivity contribution < 1.29 is 23.5 Å². The Morgan fingerprint density at radius 2 is 1.87 bits per heavy atom. The summed E-state index contributed by atoms with van der Waals surface area (Å²) < 4.78 is 15.9. The third-order valence-electron chi connectivity index (χ3n) is 4.93. The maximum absolute atomic E-state index is 12.9. The van der Waals surface area contributed by atoms with Crippen LogP contribution in [0.25, 0.3) is 0 Å². The van der Waals surface area contributed by atoms with E-state index in [1.165, 1.54) is 5.01 Å². The summed E-state index contributed by atoms with van der Waals surface area (Å²) in [5.41, 5.74) is 8.07. The number of amides is 1. The highest BCUT2D eigenvalue weighted by molar-refractivity contribution is 6.03. The molecule has 8 nitrogen and oxygen atoms in total. The average Bonchev–Trinajstić information content (AvgIpc) is 3.48. The lowest BCUT2D eigenvalue weighted by Crippen LogP contribution is -2.31. The zero-order valence-electron chi connectivity index (χ0n) is 16.9. The van der Waals surface area contributed by atoms with Crippen molar-refractivity contribution in [1.29, 1.82) is 0 Å². The number of furan rings is 1. The first-order valence-corrected chi connectivity index (χ1v) is 9.65. The number of nitrogens with zero attached hydrogens (tertiary/aromatic N) is 2. The summed E-state index contributed by atoms with van der Waals surface area (Å²) in [5.74, 6) is 0.271. The van der Waals surface area contributed by atoms with Crippen LogP contribution in [0.2, 0.25) is 0 Å². The molecule has 1 atom stereocenters. The number of ether oxygens (including phenoxy) is 2. The summed E-state index contributed by atoms with van der Waals surface area (Å²) in [5, 5.41) is 5.82. The van der Waals surface area contributed by atoms with Crippen molar-refractivity contribution in [2.45, 2.75) is 12.5 Å². The van der Waals surface area contributed by atoms with E-state index in [4.69, 9.17) is 19.6 Å². The Bertz CT molecular complexity index is 1090. The Kier molecular flexibility index (Phi) is 5.70. The van der Waals surface area contributed by atoms with Crippen LogP contribution in [0.4, 0.5) is 5.69 Å². The molecule has 1 amide bonds. The molecule has 0 radical (unpaired) electrons. The SMILES string of the molecule is COc1ccc(C2=NN(C(=O)COC(=O)c3ccc(N)cc3)[C@H](c3ccco3)C2)cc1. The van der Waals surface area contributed by atoms with E-state index in [0.29, 0.717) is 23.4 Å². The summed E-state index contributed by atoms with van der Waals surface area (Å²) in [6.45, 7) is -0.445. The van der Waals surface area contributed by atoms with Crippen LogP contribution in [0.3, 0.4) is 0 Å². The number of carbonyl (C=O) groups is 2. The minimum absolute atomic E-state index is 0.313. The van der Waals surface area contributed by atoms with Crippen LogP contribution < -0.4 is 10.5 Å². The molecule has 0 saturated heterocycles. The minimum atomic E-state index is -0.610. The van der Waals surface area contributed by atoms with E-state index in [0.717, 1.165) is 17.0 Å². The molecule has 1 aliphatic heterocycles. The fourth-order valence-corrected chi connectivity index (χ4v) is 3.30. The number of methoxy groups -OCH3 is 1. The molecule has 0 saturated carbocycles. The quantitative estimate of drug-likeness (QED) is 0.485. The van der Waals surface area contributed by atoms with Gasteiger partial charge in [0.05, 0.1) is 24.6 Å². The van der Waals surface area contributed by atoms with Gasteiger partial charge in [0, 0.05) is 12.1 Å². The van der Waals surface area contributed by atoms with Crippen LogP contribution in [0.1, 0.15) is 34.1 Å². The molecular weight excluding hydrogens is 398 g/mol. The van der Waals surface area contributed by atoms with Gasteiger partial charge in [-0.3, -0.25) is 4.79 Å².